The Morgan fingerprint density at radius 3 is 2.74 bits per heavy atom. The van der Waals surface area contributed by atoms with Crippen LogP contribution in [0.3, 0.4) is 0 Å². The zero-order chi connectivity index (χ0) is 23.8. The van der Waals surface area contributed by atoms with Crippen molar-refractivity contribution in [2.45, 2.75) is 13.3 Å². The molecule has 0 aliphatic carbocycles. The maximum Gasteiger partial charge on any atom is 0.259 e. The molecule has 0 radical (unpaired) electrons. The van der Waals surface area contributed by atoms with Crippen molar-refractivity contribution in [1.82, 2.24) is 5.16 Å². The van der Waals surface area contributed by atoms with Gasteiger partial charge >= 0.3 is 0 Å². The van der Waals surface area contributed by atoms with Gasteiger partial charge in [0.05, 0.1) is 22.5 Å². The van der Waals surface area contributed by atoms with Gasteiger partial charge in [-0.15, -0.1) is 0 Å². The van der Waals surface area contributed by atoms with E-state index in [1.54, 1.807) is 36.2 Å². The Morgan fingerprint density at radius 2 is 1.91 bits per heavy atom. The lowest BCUT2D eigenvalue weighted by atomic mass is 10.1. The van der Waals surface area contributed by atoms with Crippen molar-refractivity contribution in [3.63, 3.8) is 0 Å². The zero-order valence-electron chi connectivity index (χ0n) is 18.1. The first-order valence-electron chi connectivity index (χ1n) is 10.6. The lowest BCUT2D eigenvalue weighted by molar-refractivity contribution is 0.0986. The third-order valence-corrected chi connectivity index (χ3v) is 6.15. The fourth-order valence-electron chi connectivity index (χ4n) is 4.07. The van der Waals surface area contributed by atoms with Crippen LogP contribution in [0, 0.1) is 12.7 Å². The van der Waals surface area contributed by atoms with Gasteiger partial charge in [-0.05, 0) is 61.4 Å². The molecular formula is C26H19ClFN3O3. The molecule has 170 valence electrons. The standard InChI is InChI=1S/C26H19ClFN3O3/c1-15-6-7-17(28)12-21(15)25(32)30-18-8-9-19(22(27)13-18)26(33)31-11-10-16-14-29-34-24(16)20-4-2-3-5-23(20)31/h2-9,12-14H,10-11H2,1H3,(H,30,32). The van der Waals surface area contributed by atoms with E-state index in [-0.39, 0.29) is 16.5 Å². The quantitative estimate of drug-likeness (QED) is 0.400. The van der Waals surface area contributed by atoms with E-state index in [4.69, 9.17) is 16.1 Å². The smallest absolute Gasteiger partial charge is 0.259 e. The maximum atomic E-state index is 13.6. The summed E-state index contributed by atoms with van der Waals surface area (Å²) in [4.78, 5) is 27.8. The minimum atomic E-state index is -0.496. The van der Waals surface area contributed by atoms with Gasteiger partial charge in [0, 0.05) is 28.9 Å². The summed E-state index contributed by atoms with van der Waals surface area (Å²) in [6.07, 6.45) is 2.25. The molecule has 0 spiro atoms. The molecule has 1 N–H and O–H groups in total. The highest BCUT2D eigenvalue weighted by Crippen LogP contribution is 2.37. The van der Waals surface area contributed by atoms with E-state index < -0.39 is 11.7 Å². The molecule has 1 aliphatic heterocycles. The predicted molar refractivity (Wildman–Crippen MR) is 128 cm³/mol. The molecule has 34 heavy (non-hydrogen) atoms. The summed E-state index contributed by atoms with van der Waals surface area (Å²) >= 11 is 6.48. The normalized spacial score (nSPS) is 12.5. The van der Waals surface area contributed by atoms with Gasteiger partial charge in [0.2, 0.25) is 0 Å². The Kier molecular flexibility index (Phi) is 5.63. The number of benzene rings is 3. The van der Waals surface area contributed by atoms with E-state index in [9.17, 15) is 14.0 Å². The van der Waals surface area contributed by atoms with Crippen molar-refractivity contribution in [3.05, 3.63) is 100.0 Å². The molecule has 0 bridgehead atoms. The van der Waals surface area contributed by atoms with Gasteiger partial charge in [-0.2, -0.15) is 0 Å². The molecule has 0 saturated carbocycles. The first kappa shape index (κ1) is 21.9. The number of nitrogens with one attached hydrogen (secondary N) is 1. The van der Waals surface area contributed by atoms with Crippen LogP contribution < -0.4 is 10.2 Å². The Bertz CT molecular complexity index is 1430. The number of carbonyl (C=O) groups excluding carboxylic acids is 2. The number of halogens is 2. The second-order valence-electron chi connectivity index (χ2n) is 8.01. The van der Waals surface area contributed by atoms with Gasteiger partial charge in [0.15, 0.2) is 5.76 Å². The predicted octanol–water partition coefficient (Wildman–Crippen LogP) is 5.90. The molecule has 0 unspecified atom stereocenters. The molecule has 1 aromatic heterocycles. The summed E-state index contributed by atoms with van der Waals surface area (Å²) in [5.74, 6) is -0.572. The van der Waals surface area contributed by atoms with Gasteiger partial charge in [-0.1, -0.05) is 35.0 Å². The van der Waals surface area contributed by atoms with E-state index in [2.05, 4.69) is 10.5 Å². The summed E-state index contributed by atoms with van der Waals surface area (Å²) in [6, 6.07) is 16.2. The van der Waals surface area contributed by atoms with Crippen LogP contribution in [0.15, 0.2) is 71.4 Å². The average molecular weight is 476 g/mol. The van der Waals surface area contributed by atoms with E-state index >= 15 is 0 Å². The summed E-state index contributed by atoms with van der Waals surface area (Å²) in [7, 11) is 0. The first-order chi connectivity index (χ1) is 16.4. The number of fused-ring (bicyclic) bond motifs is 3. The van der Waals surface area contributed by atoms with Crippen molar-refractivity contribution < 1.29 is 18.5 Å². The Balaban J connectivity index is 1.42. The number of para-hydroxylation sites is 1. The average Bonchev–Trinajstić information content (AvgIpc) is 3.23. The highest BCUT2D eigenvalue weighted by molar-refractivity contribution is 6.35. The molecule has 1 aliphatic rings. The second-order valence-corrected chi connectivity index (χ2v) is 8.42. The van der Waals surface area contributed by atoms with Gasteiger partial charge < -0.3 is 14.7 Å². The van der Waals surface area contributed by atoms with E-state index in [0.29, 0.717) is 41.2 Å². The van der Waals surface area contributed by atoms with Crippen LogP contribution in [0.25, 0.3) is 11.3 Å². The summed E-state index contributed by atoms with van der Waals surface area (Å²) < 4.78 is 19.0. The lowest BCUT2D eigenvalue weighted by Crippen LogP contribution is -2.32. The highest BCUT2D eigenvalue weighted by atomic mass is 35.5. The molecular weight excluding hydrogens is 457 g/mol. The molecule has 8 heteroatoms. The van der Waals surface area contributed by atoms with Gasteiger partial charge in [-0.3, -0.25) is 9.59 Å². The number of aromatic nitrogens is 1. The molecule has 0 fully saturated rings. The summed E-state index contributed by atoms with van der Waals surface area (Å²) in [5.41, 5.74) is 3.99. The molecule has 4 aromatic rings. The third-order valence-electron chi connectivity index (χ3n) is 5.84. The number of aryl methyl sites for hydroxylation is 1. The van der Waals surface area contributed by atoms with Crippen molar-refractivity contribution in [3.8, 4) is 11.3 Å². The van der Waals surface area contributed by atoms with Crippen molar-refractivity contribution >= 4 is 34.8 Å². The number of anilines is 2. The fourth-order valence-corrected chi connectivity index (χ4v) is 4.34. The summed E-state index contributed by atoms with van der Waals surface area (Å²) in [5, 5.41) is 6.80. The number of nitrogens with zero attached hydrogens (tertiary/aromatic N) is 2. The number of hydrogen-bond acceptors (Lipinski definition) is 4. The van der Waals surface area contributed by atoms with Crippen LogP contribution in [-0.4, -0.2) is 23.5 Å². The topological polar surface area (TPSA) is 75.4 Å². The van der Waals surface area contributed by atoms with Crippen LogP contribution in [0.2, 0.25) is 5.02 Å². The molecule has 5 rings (SSSR count). The zero-order valence-corrected chi connectivity index (χ0v) is 18.9. The van der Waals surface area contributed by atoms with Crippen molar-refractivity contribution in [2.24, 2.45) is 0 Å². The molecule has 3 aromatic carbocycles. The molecule has 2 heterocycles. The first-order valence-corrected chi connectivity index (χ1v) is 11.0. The molecule has 6 nitrogen and oxygen atoms in total. The number of rotatable bonds is 3. The molecule has 2 amide bonds. The van der Waals surface area contributed by atoms with Gasteiger partial charge in [0.1, 0.15) is 5.82 Å². The Labute approximate surface area is 199 Å². The monoisotopic (exact) mass is 475 g/mol. The fraction of sp³-hybridized carbons (Fsp3) is 0.115. The molecule has 0 atom stereocenters. The minimum Gasteiger partial charge on any atom is -0.356 e. The molecule has 0 saturated heterocycles. The van der Waals surface area contributed by atoms with Crippen LogP contribution in [-0.2, 0) is 6.42 Å². The Hall–Kier alpha value is -3.97. The van der Waals surface area contributed by atoms with Gasteiger partial charge in [-0.25, -0.2) is 4.39 Å². The van der Waals surface area contributed by atoms with E-state index in [1.165, 1.54) is 18.2 Å². The lowest BCUT2D eigenvalue weighted by Gasteiger charge is -2.23. The van der Waals surface area contributed by atoms with Crippen LogP contribution in [0.5, 0.6) is 0 Å². The third kappa shape index (κ3) is 3.95. The van der Waals surface area contributed by atoms with Crippen LogP contribution in [0.4, 0.5) is 15.8 Å². The Morgan fingerprint density at radius 1 is 1.09 bits per heavy atom. The highest BCUT2D eigenvalue weighted by Gasteiger charge is 2.28. The van der Waals surface area contributed by atoms with Crippen LogP contribution in [0.1, 0.15) is 31.8 Å². The largest absolute Gasteiger partial charge is 0.356 e. The summed E-state index contributed by atoms with van der Waals surface area (Å²) in [6.45, 7) is 2.15. The minimum absolute atomic E-state index is 0.193. The number of hydrogen-bond donors (Lipinski definition) is 1. The maximum absolute atomic E-state index is 13.6. The van der Waals surface area contributed by atoms with Crippen molar-refractivity contribution in [2.75, 3.05) is 16.8 Å². The number of carbonyl (C=O) groups is 2. The van der Waals surface area contributed by atoms with Crippen LogP contribution >= 0.6 is 11.6 Å². The van der Waals surface area contributed by atoms with Gasteiger partial charge in [0.25, 0.3) is 11.8 Å². The van der Waals surface area contributed by atoms with Crippen molar-refractivity contribution in [1.29, 1.82) is 0 Å². The number of amides is 2. The van der Waals surface area contributed by atoms with E-state index in [1.807, 2.05) is 24.3 Å². The second kappa shape index (κ2) is 8.76. The van der Waals surface area contributed by atoms with E-state index in [0.717, 1.165) is 11.1 Å². The SMILES string of the molecule is Cc1ccc(F)cc1C(=O)Nc1ccc(C(=O)N2CCc3cnoc3-c3ccccc32)c(Cl)c1.